The maximum Gasteiger partial charge on any atom is 0.224 e. The Labute approximate surface area is 160 Å². The van der Waals surface area contributed by atoms with E-state index in [1.54, 1.807) is 23.5 Å². The number of para-hydroxylation sites is 1. The SMILES string of the molecule is O=C(CCc1nc2ccccc2s1)NCCNC(=O)Cc1ccc(F)cc1. The van der Waals surface area contributed by atoms with Crippen LogP contribution in [0, 0.1) is 5.82 Å². The summed E-state index contributed by atoms with van der Waals surface area (Å²) in [7, 11) is 0. The Morgan fingerprint density at radius 3 is 2.41 bits per heavy atom. The van der Waals surface area contributed by atoms with Crippen LogP contribution in [0.3, 0.4) is 0 Å². The summed E-state index contributed by atoms with van der Waals surface area (Å²) < 4.78 is 14.0. The fourth-order valence-corrected chi connectivity index (χ4v) is 3.56. The second-order valence-electron chi connectivity index (χ2n) is 6.08. The molecule has 0 unspecified atom stereocenters. The van der Waals surface area contributed by atoms with E-state index in [4.69, 9.17) is 0 Å². The Morgan fingerprint density at radius 1 is 0.963 bits per heavy atom. The Bertz CT molecular complexity index is 891. The molecule has 0 saturated heterocycles. The Morgan fingerprint density at radius 2 is 1.67 bits per heavy atom. The van der Waals surface area contributed by atoms with Gasteiger partial charge in [0.15, 0.2) is 0 Å². The van der Waals surface area contributed by atoms with Crippen LogP contribution in [0.25, 0.3) is 10.2 Å². The van der Waals surface area contributed by atoms with Crippen molar-refractivity contribution >= 4 is 33.4 Å². The molecule has 1 heterocycles. The van der Waals surface area contributed by atoms with Gasteiger partial charge in [-0.1, -0.05) is 24.3 Å². The number of fused-ring (bicyclic) bond motifs is 1. The Hall–Kier alpha value is -2.80. The minimum absolute atomic E-state index is 0.0676. The van der Waals surface area contributed by atoms with Crippen molar-refractivity contribution in [2.75, 3.05) is 13.1 Å². The van der Waals surface area contributed by atoms with E-state index in [9.17, 15) is 14.0 Å². The molecule has 0 fully saturated rings. The molecule has 0 radical (unpaired) electrons. The van der Waals surface area contributed by atoms with Crippen molar-refractivity contribution < 1.29 is 14.0 Å². The average molecular weight is 385 g/mol. The van der Waals surface area contributed by atoms with Gasteiger partial charge in [0.05, 0.1) is 21.6 Å². The highest BCUT2D eigenvalue weighted by molar-refractivity contribution is 7.18. The number of thiazole rings is 1. The normalized spacial score (nSPS) is 10.7. The molecule has 0 spiro atoms. The summed E-state index contributed by atoms with van der Waals surface area (Å²) in [5, 5.41) is 6.47. The van der Waals surface area contributed by atoms with Gasteiger partial charge in [-0.2, -0.15) is 0 Å². The zero-order valence-corrected chi connectivity index (χ0v) is 15.5. The molecule has 7 heteroatoms. The number of amides is 2. The third kappa shape index (κ3) is 5.86. The summed E-state index contributed by atoms with van der Waals surface area (Å²) in [5.41, 5.74) is 1.70. The van der Waals surface area contributed by atoms with Crippen LogP contribution in [0.15, 0.2) is 48.5 Å². The third-order valence-electron chi connectivity index (χ3n) is 3.95. The van der Waals surface area contributed by atoms with Crippen LogP contribution in [0.2, 0.25) is 0 Å². The number of halogens is 1. The average Bonchev–Trinajstić information content (AvgIpc) is 3.08. The molecule has 2 aromatic carbocycles. The molecule has 2 N–H and O–H groups in total. The molecular formula is C20H20FN3O2S. The van der Waals surface area contributed by atoms with E-state index in [1.807, 2.05) is 24.3 Å². The van der Waals surface area contributed by atoms with Gasteiger partial charge in [-0.05, 0) is 29.8 Å². The monoisotopic (exact) mass is 385 g/mol. The first-order valence-corrected chi connectivity index (χ1v) is 9.54. The quantitative estimate of drug-likeness (QED) is 0.586. The van der Waals surface area contributed by atoms with E-state index in [0.29, 0.717) is 25.9 Å². The van der Waals surface area contributed by atoms with Gasteiger partial charge < -0.3 is 10.6 Å². The molecule has 0 saturated carbocycles. The summed E-state index contributed by atoms with van der Waals surface area (Å²) in [6.07, 6.45) is 1.15. The zero-order valence-electron chi connectivity index (χ0n) is 14.7. The number of aryl methyl sites for hydroxylation is 1. The van der Waals surface area contributed by atoms with Crippen molar-refractivity contribution in [1.82, 2.24) is 15.6 Å². The molecule has 0 bridgehead atoms. The van der Waals surface area contributed by atoms with Crippen LogP contribution in [0.4, 0.5) is 4.39 Å². The number of aromatic nitrogens is 1. The van der Waals surface area contributed by atoms with Crippen LogP contribution in [0.1, 0.15) is 17.0 Å². The minimum Gasteiger partial charge on any atom is -0.354 e. The van der Waals surface area contributed by atoms with Crippen molar-refractivity contribution in [1.29, 1.82) is 0 Å². The second-order valence-corrected chi connectivity index (χ2v) is 7.19. The van der Waals surface area contributed by atoms with E-state index in [1.165, 1.54) is 12.1 Å². The van der Waals surface area contributed by atoms with Gasteiger partial charge in [0, 0.05) is 25.9 Å². The standard InChI is InChI=1S/C20H20FN3O2S/c21-15-7-5-14(6-8-15)13-19(26)23-12-11-22-18(25)9-10-20-24-16-3-1-2-4-17(16)27-20/h1-8H,9-13H2,(H,22,25)(H,23,26). The predicted octanol–water partition coefficient (Wildman–Crippen LogP) is 2.84. The predicted molar refractivity (Wildman–Crippen MR) is 104 cm³/mol. The van der Waals surface area contributed by atoms with Crippen molar-refractivity contribution in [3.8, 4) is 0 Å². The molecule has 0 atom stereocenters. The number of carbonyl (C=O) groups excluding carboxylic acids is 2. The van der Waals surface area contributed by atoms with Crippen LogP contribution >= 0.6 is 11.3 Å². The van der Waals surface area contributed by atoms with E-state index in [0.717, 1.165) is 20.8 Å². The number of rotatable bonds is 8. The molecule has 1 aromatic heterocycles. The number of nitrogens with zero attached hydrogens (tertiary/aromatic N) is 1. The van der Waals surface area contributed by atoms with Crippen LogP contribution in [0.5, 0.6) is 0 Å². The first-order chi connectivity index (χ1) is 13.1. The number of benzene rings is 2. The second kappa shape index (κ2) is 9.23. The lowest BCUT2D eigenvalue weighted by Crippen LogP contribution is -2.35. The van der Waals surface area contributed by atoms with Crippen LogP contribution in [-0.4, -0.2) is 29.9 Å². The van der Waals surface area contributed by atoms with Gasteiger partial charge >= 0.3 is 0 Å². The van der Waals surface area contributed by atoms with E-state index >= 15 is 0 Å². The maximum atomic E-state index is 12.8. The molecule has 3 rings (SSSR count). The van der Waals surface area contributed by atoms with Gasteiger partial charge in [0.2, 0.25) is 11.8 Å². The fraction of sp³-hybridized carbons (Fsp3) is 0.250. The van der Waals surface area contributed by atoms with Crippen molar-refractivity contribution in [3.05, 3.63) is 64.9 Å². The molecule has 5 nitrogen and oxygen atoms in total. The molecule has 2 amide bonds. The molecule has 0 aliphatic rings. The van der Waals surface area contributed by atoms with Crippen LogP contribution in [-0.2, 0) is 22.4 Å². The highest BCUT2D eigenvalue weighted by Gasteiger charge is 2.07. The van der Waals surface area contributed by atoms with Gasteiger partial charge in [-0.3, -0.25) is 9.59 Å². The van der Waals surface area contributed by atoms with E-state index in [-0.39, 0.29) is 24.1 Å². The molecule has 0 aliphatic heterocycles. The molecular weight excluding hydrogens is 365 g/mol. The highest BCUT2D eigenvalue weighted by atomic mass is 32.1. The molecule has 140 valence electrons. The lowest BCUT2D eigenvalue weighted by molar-refractivity contribution is -0.122. The smallest absolute Gasteiger partial charge is 0.224 e. The van der Waals surface area contributed by atoms with Gasteiger partial charge in [0.1, 0.15) is 5.82 Å². The largest absolute Gasteiger partial charge is 0.354 e. The fourth-order valence-electron chi connectivity index (χ4n) is 2.59. The lowest BCUT2D eigenvalue weighted by atomic mass is 10.1. The number of hydrogen-bond acceptors (Lipinski definition) is 4. The van der Waals surface area contributed by atoms with Gasteiger partial charge in [-0.25, -0.2) is 9.37 Å². The summed E-state index contributed by atoms with van der Waals surface area (Å²) in [6, 6.07) is 13.7. The van der Waals surface area contributed by atoms with Crippen molar-refractivity contribution in [2.45, 2.75) is 19.3 Å². The Kier molecular flexibility index (Phi) is 6.49. The minimum atomic E-state index is -0.326. The lowest BCUT2D eigenvalue weighted by Gasteiger charge is -2.07. The number of carbonyl (C=O) groups is 2. The zero-order chi connectivity index (χ0) is 19.1. The number of nitrogens with one attached hydrogen (secondary N) is 2. The maximum absolute atomic E-state index is 12.8. The summed E-state index contributed by atoms with van der Waals surface area (Å²) in [6.45, 7) is 0.723. The third-order valence-corrected chi connectivity index (χ3v) is 5.05. The molecule has 3 aromatic rings. The summed E-state index contributed by atoms with van der Waals surface area (Å²) in [5.74, 6) is -0.555. The first-order valence-electron chi connectivity index (χ1n) is 8.72. The molecule has 27 heavy (non-hydrogen) atoms. The summed E-state index contributed by atoms with van der Waals surface area (Å²) >= 11 is 1.60. The van der Waals surface area contributed by atoms with Crippen molar-refractivity contribution in [2.24, 2.45) is 0 Å². The highest BCUT2D eigenvalue weighted by Crippen LogP contribution is 2.22. The Balaban J connectivity index is 1.32. The van der Waals surface area contributed by atoms with Gasteiger partial charge in [-0.15, -0.1) is 11.3 Å². The number of hydrogen-bond donors (Lipinski definition) is 2. The first kappa shape index (κ1) is 19.0. The van der Waals surface area contributed by atoms with Gasteiger partial charge in [0.25, 0.3) is 0 Å². The van der Waals surface area contributed by atoms with E-state index < -0.39 is 0 Å². The molecule has 0 aliphatic carbocycles. The topological polar surface area (TPSA) is 71.1 Å². The summed E-state index contributed by atoms with van der Waals surface area (Å²) in [4.78, 5) is 28.2. The van der Waals surface area contributed by atoms with E-state index in [2.05, 4.69) is 15.6 Å². The van der Waals surface area contributed by atoms with Crippen molar-refractivity contribution in [3.63, 3.8) is 0 Å². The van der Waals surface area contributed by atoms with Crippen LogP contribution < -0.4 is 10.6 Å².